The lowest BCUT2D eigenvalue weighted by Gasteiger charge is -2.06. The second-order valence-corrected chi connectivity index (χ2v) is 4.11. The molecule has 2 aromatic rings. The molecule has 0 aliphatic rings. The Hall–Kier alpha value is -2.05. The van der Waals surface area contributed by atoms with Crippen molar-refractivity contribution in [1.82, 2.24) is 24.6 Å². The fraction of sp³-hybridized carbons (Fsp3) is 0.545. The van der Waals surface area contributed by atoms with Gasteiger partial charge >= 0.3 is 0 Å². The van der Waals surface area contributed by atoms with E-state index in [0.29, 0.717) is 12.5 Å². The molecule has 0 aliphatic heterocycles. The van der Waals surface area contributed by atoms with Crippen LogP contribution in [0.5, 0.6) is 0 Å². The molecule has 0 saturated carbocycles. The average molecular weight is 250 g/mol. The van der Waals surface area contributed by atoms with Gasteiger partial charge in [-0.15, -0.1) is 0 Å². The molecule has 7 nitrogen and oxygen atoms in total. The minimum atomic E-state index is -0.0808. The number of aromatic nitrogens is 4. The highest BCUT2D eigenvalue weighted by Gasteiger charge is 2.18. The van der Waals surface area contributed by atoms with E-state index in [1.807, 2.05) is 20.9 Å². The number of amides is 1. The Morgan fingerprint density at radius 1 is 1.44 bits per heavy atom. The summed E-state index contributed by atoms with van der Waals surface area (Å²) in [4.78, 5) is 15.9. The number of anilines is 1. The molecule has 0 fully saturated rings. The molecule has 2 heterocycles. The first-order chi connectivity index (χ1) is 8.58. The van der Waals surface area contributed by atoms with Crippen molar-refractivity contribution >= 4 is 23.0 Å². The maximum atomic E-state index is 11.6. The van der Waals surface area contributed by atoms with E-state index >= 15 is 0 Å². The molecular formula is C11H18N6O. The summed E-state index contributed by atoms with van der Waals surface area (Å²) >= 11 is 0. The molecule has 2 rings (SSSR count). The topological polar surface area (TPSA) is 90.8 Å². The number of nitrogens with one attached hydrogen (secondary N) is 1. The van der Waals surface area contributed by atoms with Gasteiger partial charge < -0.3 is 11.1 Å². The number of nitrogen functional groups attached to an aromatic ring is 1. The van der Waals surface area contributed by atoms with Crippen LogP contribution in [0.3, 0.4) is 0 Å². The van der Waals surface area contributed by atoms with E-state index in [9.17, 15) is 4.79 Å². The van der Waals surface area contributed by atoms with Gasteiger partial charge in [-0.2, -0.15) is 5.10 Å². The molecule has 7 heteroatoms. The predicted octanol–water partition coefficient (Wildman–Crippen LogP) is 0.0505. The third-order valence-electron chi connectivity index (χ3n) is 2.83. The minimum Gasteiger partial charge on any atom is -0.369 e. The maximum absolute atomic E-state index is 11.6. The predicted molar refractivity (Wildman–Crippen MR) is 69.0 cm³/mol. The smallest absolute Gasteiger partial charge is 0.240 e. The highest BCUT2D eigenvalue weighted by atomic mass is 16.1. The number of carbonyl (C=O) groups is 1. The van der Waals surface area contributed by atoms with Crippen molar-refractivity contribution in [3.8, 4) is 0 Å². The van der Waals surface area contributed by atoms with Gasteiger partial charge in [0.2, 0.25) is 11.9 Å². The third-order valence-corrected chi connectivity index (χ3v) is 2.83. The van der Waals surface area contributed by atoms with Crippen LogP contribution in [0.15, 0.2) is 0 Å². The summed E-state index contributed by atoms with van der Waals surface area (Å²) in [6.07, 6.45) is 0.787. The fourth-order valence-corrected chi connectivity index (χ4v) is 2.05. The van der Waals surface area contributed by atoms with Gasteiger partial charge in [0.05, 0.1) is 5.69 Å². The molecule has 18 heavy (non-hydrogen) atoms. The molecule has 0 spiro atoms. The monoisotopic (exact) mass is 250 g/mol. The first-order valence-electron chi connectivity index (χ1n) is 6.02. The van der Waals surface area contributed by atoms with Gasteiger partial charge in [0.25, 0.3) is 0 Å². The summed E-state index contributed by atoms with van der Waals surface area (Å²) in [7, 11) is 1.83. The van der Waals surface area contributed by atoms with E-state index in [-0.39, 0.29) is 12.5 Å². The lowest BCUT2D eigenvalue weighted by molar-refractivity contribution is -0.121. The summed E-state index contributed by atoms with van der Waals surface area (Å²) in [5.74, 6) is 0.265. The van der Waals surface area contributed by atoms with Crippen LogP contribution in [0.1, 0.15) is 19.5 Å². The Morgan fingerprint density at radius 3 is 2.78 bits per heavy atom. The van der Waals surface area contributed by atoms with Crippen molar-refractivity contribution in [3.63, 3.8) is 0 Å². The Kier molecular flexibility index (Phi) is 3.22. The normalized spacial score (nSPS) is 11.1. The molecule has 0 saturated heterocycles. The number of imidazole rings is 1. The molecule has 0 unspecified atom stereocenters. The van der Waals surface area contributed by atoms with Crippen LogP contribution in [0.4, 0.5) is 5.95 Å². The van der Waals surface area contributed by atoms with Gasteiger partial charge in [-0.1, -0.05) is 6.92 Å². The zero-order valence-corrected chi connectivity index (χ0v) is 10.9. The van der Waals surface area contributed by atoms with Crippen molar-refractivity contribution in [2.75, 3.05) is 12.3 Å². The van der Waals surface area contributed by atoms with Crippen molar-refractivity contribution in [2.45, 2.75) is 26.8 Å². The summed E-state index contributed by atoms with van der Waals surface area (Å²) in [5.41, 5.74) is 8.33. The zero-order chi connectivity index (χ0) is 13.3. The van der Waals surface area contributed by atoms with Crippen LogP contribution in [0.25, 0.3) is 11.2 Å². The number of rotatable bonds is 4. The molecular weight excluding hydrogens is 232 g/mol. The molecule has 0 radical (unpaired) electrons. The van der Waals surface area contributed by atoms with Gasteiger partial charge in [-0.3, -0.25) is 14.0 Å². The summed E-state index contributed by atoms with van der Waals surface area (Å²) < 4.78 is 3.41. The minimum absolute atomic E-state index is 0.0808. The van der Waals surface area contributed by atoms with Crippen LogP contribution in [-0.2, 0) is 24.8 Å². The molecule has 0 aromatic carbocycles. The number of nitrogens with two attached hydrogens (primary N) is 1. The van der Waals surface area contributed by atoms with Crippen LogP contribution in [0.2, 0.25) is 0 Å². The number of aryl methyl sites for hydroxylation is 2. The van der Waals surface area contributed by atoms with Gasteiger partial charge in [0, 0.05) is 13.6 Å². The number of hydrogen-bond donors (Lipinski definition) is 2. The first kappa shape index (κ1) is 12.4. The van der Waals surface area contributed by atoms with Crippen molar-refractivity contribution in [3.05, 3.63) is 5.69 Å². The second-order valence-electron chi connectivity index (χ2n) is 4.11. The standard InChI is InChI=1S/C11H18N6O/c1-4-7-9-10(16(3)15-7)17(11(12)14-9)6-8(18)13-5-2/h4-6H2,1-3H3,(H2,12,14)(H,13,18). The SMILES string of the molecule is CCNC(=O)Cn1c(N)nc2c(CC)nn(C)c21. The highest BCUT2D eigenvalue weighted by Crippen LogP contribution is 2.20. The van der Waals surface area contributed by atoms with Crippen LogP contribution >= 0.6 is 0 Å². The maximum Gasteiger partial charge on any atom is 0.240 e. The van der Waals surface area contributed by atoms with Crippen LogP contribution < -0.4 is 11.1 Å². The molecule has 1 amide bonds. The van der Waals surface area contributed by atoms with E-state index in [0.717, 1.165) is 23.3 Å². The second kappa shape index (κ2) is 4.67. The molecule has 0 aliphatic carbocycles. The highest BCUT2D eigenvalue weighted by molar-refractivity contribution is 5.82. The number of hydrogen-bond acceptors (Lipinski definition) is 4. The summed E-state index contributed by atoms with van der Waals surface area (Å²) in [6.45, 7) is 4.66. The van der Waals surface area contributed by atoms with E-state index in [1.165, 1.54) is 0 Å². The molecule has 0 atom stereocenters. The Balaban J connectivity index is 2.46. The quantitative estimate of drug-likeness (QED) is 0.802. The Morgan fingerprint density at radius 2 is 2.17 bits per heavy atom. The van der Waals surface area contributed by atoms with E-state index in [1.54, 1.807) is 9.25 Å². The van der Waals surface area contributed by atoms with Crippen molar-refractivity contribution in [2.24, 2.45) is 7.05 Å². The van der Waals surface area contributed by atoms with Crippen LogP contribution in [0, 0.1) is 0 Å². The number of fused-ring (bicyclic) bond motifs is 1. The fourth-order valence-electron chi connectivity index (χ4n) is 2.05. The molecule has 3 N–H and O–H groups in total. The third kappa shape index (κ3) is 1.92. The van der Waals surface area contributed by atoms with E-state index < -0.39 is 0 Å². The molecule has 98 valence electrons. The zero-order valence-electron chi connectivity index (χ0n) is 10.9. The van der Waals surface area contributed by atoms with Gasteiger partial charge in [0.1, 0.15) is 12.1 Å². The number of likely N-dealkylation sites (N-methyl/N-ethyl adjacent to an activating group) is 1. The lowest BCUT2D eigenvalue weighted by Crippen LogP contribution is -2.28. The van der Waals surface area contributed by atoms with E-state index in [4.69, 9.17) is 5.73 Å². The number of carbonyl (C=O) groups excluding carboxylic acids is 1. The van der Waals surface area contributed by atoms with Crippen LogP contribution in [-0.4, -0.2) is 31.8 Å². The van der Waals surface area contributed by atoms with Gasteiger partial charge in [0.15, 0.2) is 5.65 Å². The Bertz CT molecular complexity index is 582. The summed E-state index contributed by atoms with van der Waals surface area (Å²) in [5, 5.41) is 7.11. The largest absolute Gasteiger partial charge is 0.369 e. The van der Waals surface area contributed by atoms with Gasteiger partial charge in [-0.25, -0.2) is 4.98 Å². The average Bonchev–Trinajstić information content (AvgIpc) is 2.79. The summed E-state index contributed by atoms with van der Waals surface area (Å²) in [6, 6.07) is 0. The first-order valence-corrected chi connectivity index (χ1v) is 6.02. The van der Waals surface area contributed by atoms with E-state index in [2.05, 4.69) is 15.4 Å². The van der Waals surface area contributed by atoms with Crippen molar-refractivity contribution < 1.29 is 4.79 Å². The molecule has 2 aromatic heterocycles. The Labute approximate surface area is 105 Å². The van der Waals surface area contributed by atoms with Crippen molar-refractivity contribution in [1.29, 1.82) is 0 Å². The number of nitrogens with zero attached hydrogens (tertiary/aromatic N) is 4. The van der Waals surface area contributed by atoms with Gasteiger partial charge in [-0.05, 0) is 13.3 Å². The lowest BCUT2D eigenvalue weighted by atomic mass is 10.3. The molecule has 0 bridgehead atoms.